The second-order valence-corrected chi connectivity index (χ2v) is 8.97. The Hall–Kier alpha value is -3.62. The fraction of sp³-hybridized carbons (Fsp3) is 0.333. The molecule has 3 heterocycles. The zero-order chi connectivity index (χ0) is 24.2. The van der Waals surface area contributed by atoms with E-state index in [-0.39, 0.29) is 11.5 Å². The molecule has 1 saturated heterocycles. The normalized spacial score (nSPS) is 14.1. The second kappa shape index (κ2) is 10.3. The summed E-state index contributed by atoms with van der Waals surface area (Å²) < 4.78 is 12.3. The van der Waals surface area contributed by atoms with Crippen molar-refractivity contribution < 1.29 is 9.47 Å². The maximum Gasteiger partial charge on any atom is 0.326 e. The van der Waals surface area contributed by atoms with Crippen LogP contribution in [0.3, 0.4) is 0 Å². The number of aromatic nitrogens is 3. The van der Waals surface area contributed by atoms with Crippen molar-refractivity contribution >= 4 is 16.9 Å². The molecule has 0 spiro atoms. The zero-order valence-electron chi connectivity index (χ0n) is 20.0. The van der Waals surface area contributed by atoms with Crippen molar-refractivity contribution in [3.05, 3.63) is 76.2 Å². The molecule has 2 aromatic heterocycles. The summed E-state index contributed by atoms with van der Waals surface area (Å²) in [7, 11) is 1.61. The average molecular weight is 474 g/mol. The predicted octanol–water partition coefficient (Wildman–Crippen LogP) is 3.64. The highest BCUT2D eigenvalue weighted by molar-refractivity contribution is 5.85. The van der Waals surface area contributed by atoms with Crippen LogP contribution in [0.4, 0.5) is 5.82 Å². The number of pyridine rings is 1. The molecule has 182 valence electrons. The molecule has 0 bridgehead atoms. The van der Waals surface area contributed by atoms with Gasteiger partial charge < -0.3 is 20.2 Å². The molecule has 8 nitrogen and oxygen atoms in total. The van der Waals surface area contributed by atoms with Crippen molar-refractivity contribution in [1.82, 2.24) is 19.4 Å². The number of anilines is 1. The van der Waals surface area contributed by atoms with E-state index in [1.54, 1.807) is 17.7 Å². The minimum Gasteiger partial charge on any atom is -0.475 e. The van der Waals surface area contributed by atoms with Crippen molar-refractivity contribution in [3.63, 3.8) is 0 Å². The van der Waals surface area contributed by atoms with Crippen LogP contribution in [-0.4, -0.2) is 52.8 Å². The lowest BCUT2D eigenvalue weighted by atomic mass is 10.0. The van der Waals surface area contributed by atoms with Crippen molar-refractivity contribution in [1.29, 1.82) is 0 Å². The van der Waals surface area contributed by atoms with Crippen LogP contribution in [0.1, 0.15) is 24.0 Å². The van der Waals surface area contributed by atoms with E-state index in [2.05, 4.69) is 63.4 Å². The van der Waals surface area contributed by atoms with Crippen LogP contribution in [-0.2, 0) is 17.8 Å². The third kappa shape index (κ3) is 5.23. The summed E-state index contributed by atoms with van der Waals surface area (Å²) in [5.74, 6) is 0.595. The van der Waals surface area contributed by atoms with Crippen molar-refractivity contribution in [2.75, 3.05) is 39.1 Å². The van der Waals surface area contributed by atoms with Crippen LogP contribution in [0.5, 0.6) is 5.88 Å². The molecular weight excluding hydrogens is 442 g/mol. The largest absolute Gasteiger partial charge is 0.475 e. The maximum absolute atomic E-state index is 12.7. The standard InChI is InChI=1S/C27H31N5O3/c1-34-14-15-35-24-16-23-25(26(28)29-24)30-27(33)32(23)18-20-6-10-22(11-7-20)21-8-4-19(5-9-21)17-31-12-2-3-13-31/h4-11,16H,2-3,12-15,17-18H2,1H3,(H2,28,29)(H,30,33). The molecule has 0 atom stereocenters. The minimum atomic E-state index is -0.236. The molecule has 5 rings (SSSR count). The van der Waals surface area contributed by atoms with Gasteiger partial charge in [0, 0.05) is 19.7 Å². The van der Waals surface area contributed by atoms with E-state index in [9.17, 15) is 4.79 Å². The predicted molar refractivity (Wildman–Crippen MR) is 138 cm³/mol. The number of fused-ring (bicyclic) bond motifs is 1. The Bertz CT molecular complexity index is 1340. The molecular formula is C27H31N5O3. The molecule has 3 N–H and O–H groups in total. The van der Waals surface area contributed by atoms with Crippen LogP contribution in [0, 0.1) is 0 Å². The number of hydrogen-bond acceptors (Lipinski definition) is 6. The number of hydrogen-bond donors (Lipinski definition) is 2. The van der Waals surface area contributed by atoms with Gasteiger partial charge in [0.05, 0.1) is 18.7 Å². The van der Waals surface area contributed by atoms with Gasteiger partial charge >= 0.3 is 5.69 Å². The number of nitrogens with two attached hydrogens (primary N) is 1. The van der Waals surface area contributed by atoms with Crippen molar-refractivity contribution in [2.45, 2.75) is 25.9 Å². The number of nitrogens with zero attached hydrogens (tertiary/aromatic N) is 3. The lowest BCUT2D eigenvalue weighted by molar-refractivity contribution is 0.144. The molecule has 1 fully saturated rings. The van der Waals surface area contributed by atoms with E-state index in [0.29, 0.717) is 36.7 Å². The number of likely N-dealkylation sites (tertiary alicyclic amines) is 1. The van der Waals surface area contributed by atoms with E-state index in [1.165, 1.54) is 37.1 Å². The van der Waals surface area contributed by atoms with Gasteiger partial charge in [-0.05, 0) is 48.2 Å². The summed E-state index contributed by atoms with van der Waals surface area (Å²) >= 11 is 0. The SMILES string of the molecule is COCCOc1cc2c([nH]c(=O)n2Cc2ccc(-c3ccc(CN4CCCC4)cc3)cc2)c(N)n1. The Morgan fingerprint density at radius 2 is 1.57 bits per heavy atom. The van der Waals surface area contributed by atoms with Crippen LogP contribution < -0.4 is 16.2 Å². The number of rotatable bonds is 9. The zero-order valence-corrected chi connectivity index (χ0v) is 20.0. The fourth-order valence-electron chi connectivity index (χ4n) is 4.60. The monoisotopic (exact) mass is 473 g/mol. The highest BCUT2D eigenvalue weighted by Crippen LogP contribution is 2.24. The fourth-order valence-corrected chi connectivity index (χ4v) is 4.60. The first kappa shape index (κ1) is 23.1. The number of ether oxygens (including phenoxy) is 2. The van der Waals surface area contributed by atoms with E-state index in [0.717, 1.165) is 17.7 Å². The molecule has 1 aliphatic rings. The Labute approximate surface area is 204 Å². The quantitative estimate of drug-likeness (QED) is 0.360. The first-order valence-corrected chi connectivity index (χ1v) is 12.0. The lowest BCUT2D eigenvalue weighted by Crippen LogP contribution is -2.18. The van der Waals surface area contributed by atoms with Crippen molar-refractivity contribution in [3.8, 4) is 17.0 Å². The maximum atomic E-state index is 12.7. The molecule has 0 unspecified atom stereocenters. The van der Waals surface area contributed by atoms with Gasteiger partial charge in [0.15, 0.2) is 5.82 Å². The number of methoxy groups -OCH3 is 1. The first-order valence-electron chi connectivity index (χ1n) is 12.0. The third-order valence-electron chi connectivity index (χ3n) is 6.50. The average Bonchev–Trinajstić information content (AvgIpc) is 3.49. The van der Waals surface area contributed by atoms with Gasteiger partial charge in [-0.2, -0.15) is 4.98 Å². The highest BCUT2D eigenvalue weighted by atomic mass is 16.5. The van der Waals surface area contributed by atoms with E-state index in [1.807, 2.05) is 0 Å². The molecule has 4 aromatic rings. The van der Waals surface area contributed by atoms with Crippen molar-refractivity contribution in [2.24, 2.45) is 0 Å². The van der Waals surface area contributed by atoms with Gasteiger partial charge in [0.2, 0.25) is 5.88 Å². The topological polar surface area (TPSA) is 98.4 Å². The molecule has 0 saturated carbocycles. The van der Waals surface area contributed by atoms with Crippen LogP contribution in [0.2, 0.25) is 0 Å². The lowest BCUT2D eigenvalue weighted by Gasteiger charge is -2.14. The second-order valence-electron chi connectivity index (χ2n) is 8.97. The van der Waals surface area contributed by atoms with Gasteiger partial charge in [-0.1, -0.05) is 48.5 Å². The third-order valence-corrected chi connectivity index (χ3v) is 6.50. The summed E-state index contributed by atoms with van der Waals surface area (Å²) in [5.41, 5.74) is 11.7. The van der Waals surface area contributed by atoms with E-state index in [4.69, 9.17) is 15.2 Å². The molecule has 0 aliphatic carbocycles. The molecule has 8 heteroatoms. The first-order chi connectivity index (χ1) is 17.1. The Balaban J connectivity index is 1.32. The van der Waals surface area contributed by atoms with E-state index >= 15 is 0 Å². The molecule has 0 radical (unpaired) electrons. The van der Waals surface area contributed by atoms with Gasteiger partial charge in [-0.25, -0.2) is 4.79 Å². The number of nitrogens with one attached hydrogen (secondary N) is 1. The number of aromatic amines is 1. The molecule has 1 aliphatic heterocycles. The number of benzene rings is 2. The number of nitrogen functional groups attached to an aromatic ring is 1. The molecule has 2 aromatic carbocycles. The molecule has 35 heavy (non-hydrogen) atoms. The van der Waals surface area contributed by atoms with Crippen LogP contribution in [0.25, 0.3) is 22.2 Å². The van der Waals surface area contributed by atoms with Gasteiger partial charge in [-0.15, -0.1) is 0 Å². The molecule has 0 amide bonds. The Morgan fingerprint density at radius 1 is 0.943 bits per heavy atom. The van der Waals surface area contributed by atoms with Gasteiger partial charge in [0.25, 0.3) is 0 Å². The van der Waals surface area contributed by atoms with Crippen LogP contribution in [0.15, 0.2) is 59.4 Å². The van der Waals surface area contributed by atoms with Crippen LogP contribution >= 0.6 is 0 Å². The van der Waals surface area contributed by atoms with Gasteiger partial charge in [0.1, 0.15) is 12.1 Å². The summed E-state index contributed by atoms with van der Waals surface area (Å²) in [6.07, 6.45) is 2.62. The summed E-state index contributed by atoms with van der Waals surface area (Å²) in [4.78, 5) is 22.2. The number of imidazole rings is 1. The smallest absolute Gasteiger partial charge is 0.326 e. The number of H-pyrrole nitrogens is 1. The highest BCUT2D eigenvalue weighted by Gasteiger charge is 2.14. The Kier molecular flexibility index (Phi) is 6.83. The summed E-state index contributed by atoms with van der Waals surface area (Å²) in [6, 6.07) is 18.8. The summed E-state index contributed by atoms with van der Waals surface area (Å²) in [5, 5.41) is 0. The van der Waals surface area contributed by atoms with E-state index < -0.39 is 0 Å². The summed E-state index contributed by atoms with van der Waals surface area (Å²) in [6.45, 7) is 4.63. The Morgan fingerprint density at radius 3 is 2.20 bits per heavy atom. The minimum absolute atomic E-state index is 0.231. The van der Waals surface area contributed by atoms with Gasteiger partial charge in [-0.3, -0.25) is 9.47 Å².